The van der Waals surface area contributed by atoms with Gasteiger partial charge in [-0.1, -0.05) is 17.7 Å². The summed E-state index contributed by atoms with van der Waals surface area (Å²) in [4.78, 5) is 12.6. The van der Waals surface area contributed by atoms with E-state index in [-0.39, 0.29) is 11.3 Å². The molecule has 0 radical (unpaired) electrons. The van der Waals surface area contributed by atoms with Crippen LogP contribution < -0.4 is 5.63 Å². The number of hydrogen-bond acceptors (Lipinski definition) is 6. The standard InChI is InChI=1S/C21H22N2O3S/c1-12-9-13(2)19(14(3)10-12)20-17(24)11-16(26-21(20)25)7-8-27-18-6-5-15(4)22-23-18/h5-6,9-11,24H,7-8H2,1-4H3. The molecule has 2 heterocycles. The van der Waals surface area contributed by atoms with E-state index < -0.39 is 5.63 Å². The molecule has 0 unspecified atom stereocenters. The third-order valence-electron chi connectivity index (χ3n) is 4.28. The van der Waals surface area contributed by atoms with Gasteiger partial charge in [-0.25, -0.2) is 4.79 Å². The Morgan fingerprint density at radius 3 is 2.30 bits per heavy atom. The van der Waals surface area contributed by atoms with Gasteiger partial charge in [-0.05, 0) is 56.5 Å². The summed E-state index contributed by atoms with van der Waals surface area (Å²) in [5.41, 5.74) is 4.32. The lowest BCUT2D eigenvalue weighted by molar-refractivity contribution is 0.430. The second kappa shape index (κ2) is 7.96. The average Bonchev–Trinajstić information content (AvgIpc) is 2.58. The van der Waals surface area contributed by atoms with Gasteiger partial charge in [-0.2, -0.15) is 5.10 Å². The second-order valence-corrected chi connectivity index (χ2v) is 7.76. The molecule has 0 aliphatic rings. The van der Waals surface area contributed by atoms with Crippen LogP contribution in [-0.2, 0) is 6.42 Å². The zero-order valence-electron chi connectivity index (χ0n) is 15.9. The summed E-state index contributed by atoms with van der Waals surface area (Å²) >= 11 is 1.53. The van der Waals surface area contributed by atoms with Gasteiger partial charge in [0.1, 0.15) is 22.1 Å². The Balaban J connectivity index is 1.81. The largest absolute Gasteiger partial charge is 0.507 e. The van der Waals surface area contributed by atoms with E-state index in [9.17, 15) is 9.90 Å². The predicted molar refractivity (Wildman–Crippen MR) is 107 cm³/mol. The number of hydrogen-bond donors (Lipinski definition) is 1. The van der Waals surface area contributed by atoms with Crippen molar-refractivity contribution in [2.75, 3.05) is 5.75 Å². The molecule has 0 spiro atoms. The average molecular weight is 382 g/mol. The quantitative estimate of drug-likeness (QED) is 0.660. The summed E-state index contributed by atoms with van der Waals surface area (Å²) in [5.74, 6) is 1.08. The van der Waals surface area contributed by atoms with Crippen molar-refractivity contribution in [1.82, 2.24) is 10.2 Å². The monoisotopic (exact) mass is 382 g/mol. The molecule has 140 valence electrons. The van der Waals surface area contributed by atoms with Gasteiger partial charge in [0.25, 0.3) is 0 Å². The molecule has 27 heavy (non-hydrogen) atoms. The molecular weight excluding hydrogens is 360 g/mol. The summed E-state index contributed by atoms with van der Waals surface area (Å²) in [6, 6.07) is 9.34. The Bertz CT molecular complexity index is 1000. The van der Waals surface area contributed by atoms with E-state index in [1.165, 1.54) is 17.8 Å². The van der Waals surface area contributed by atoms with Crippen LogP contribution in [0.5, 0.6) is 5.75 Å². The number of thioether (sulfide) groups is 1. The third kappa shape index (κ3) is 4.39. The van der Waals surface area contributed by atoms with Crippen LogP contribution >= 0.6 is 11.8 Å². The van der Waals surface area contributed by atoms with Gasteiger partial charge >= 0.3 is 5.63 Å². The van der Waals surface area contributed by atoms with Crippen LogP contribution in [0, 0.1) is 27.7 Å². The van der Waals surface area contributed by atoms with Gasteiger partial charge in [-0.15, -0.1) is 16.9 Å². The number of aromatic nitrogens is 2. The molecule has 0 atom stereocenters. The fourth-order valence-corrected chi connectivity index (χ4v) is 3.95. The lowest BCUT2D eigenvalue weighted by atomic mass is 9.94. The van der Waals surface area contributed by atoms with E-state index in [0.717, 1.165) is 33.0 Å². The molecule has 2 aromatic heterocycles. The van der Waals surface area contributed by atoms with Crippen molar-refractivity contribution in [3.8, 4) is 16.9 Å². The number of rotatable bonds is 5. The van der Waals surface area contributed by atoms with Gasteiger partial charge in [-0.3, -0.25) is 0 Å². The van der Waals surface area contributed by atoms with Crippen LogP contribution in [0.2, 0.25) is 0 Å². The molecule has 3 rings (SSSR count). The molecule has 3 aromatic rings. The molecule has 0 fully saturated rings. The number of aromatic hydroxyl groups is 1. The maximum absolute atomic E-state index is 12.6. The van der Waals surface area contributed by atoms with Gasteiger partial charge in [0.2, 0.25) is 0 Å². The number of nitrogens with zero attached hydrogens (tertiary/aromatic N) is 2. The van der Waals surface area contributed by atoms with Crippen LogP contribution in [0.15, 0.2) is 44.6 Å². The van der Waals surface area contributed by atoms with E-state index in [2.05, 4.69) is 10.2 Å². The van der Waals surface area contributed by atoms with E-state index >= 15 is 0 Å². The first-order chi connectivity index (χ1) is 12.8. The molecule has 6 heteroatoms. The van der Waals surface area contributed by atoms with E-state index in [1.54, 1.807) is 0 Å². The topological polar surface area (TPSA) is 76.2 Å². The van der Waals surface area contributed by atoms with Crippen molar-refractivity contribution in [3.63, 3.8) is 0 Å². The van der Waals surface area contributed by atoms with Gasteiger partial charge in [0, 0.05) is 18.2 Å². The van der Waals surface area contributed by atoms with Gasteiger partial charge in [0.05, 0.1) is 5.69 Å². The zero-order valence-corrected chi connectivity index (χ0v) is 16.7. The maximum atomic E-state index is 12.6. The molecule has 0 aliphatic carbocycles. The zero-order chi connectivity index (χ0) is 19.6. The fraction of sp³-hybridized carbons (Fsp3) is 0.286. The summed E-state index contributed by atoms with van der Waals surface area (Å²) in [7, 11) is 0. The molecule has 0 saturated heterocycles. The number of benzene rings is 1. The maximum Gasteiger partial charge on any atom is 0.347 e. The van der Waals surface area contributed by atoms with Crippen LogP contribution in [-0.4, -0.2) is 21.1 Å². The highest BCUT2D eigenvalue weighted by molar-refractivity contribution is 7.99. The summed E-state index contributed by atoms with van der Waals surface area (Å²) in [5, 5.41) is 19.4. The SMILES string of the molecule is Cc1cc(C)c(-c2c(O)cc(CCSc3ccc(C)nn3)oc2=O)c(C)c1. The smallest absolute Gasteiger partial charge is 0.347 e. The minimum Gasteiger partial charge on any atom is -0.507 e. The van der Waals surface area contributed by atoms with Crippen molar-refractivity contribution in [3.05, 3.63) is 68.9 Å². The Kier molecular flexibility index (Phi) is 5.65. The molecule has 0 amide bonds. The molecule has 0 aliphatic heterocycles. The summed E-state index contributed by atoms with van der Waals surface area (Å²) in [6.07, 6.45) is 0.509. The third-order valence-corrected chi connectivity index (χ3v) is 5.20. The van der Waals surface area contributed by atoms with Crippen LogP contribution in [0.4, 0.5) is 0 Å². The lowest BCUT2D eigenvalue weighted by Crippen LogP contribution is -2.08. The fourth-order valence-electron chi connectivity index (χ4n) is 3.18. The molecule has 1 aromatic carbocycles. The minimum absolute atomic E-state index is 0.0450. The Morgan fingerprint density at radius 2 is 1.70 bits per heavy atom. The Labute approximate surface area is 162 Å². The predicted octanol–water partition coefficient (Wildman–Crippen LogP) is 4.37. The first kappa shape index (κ1) is 19.2. The van der Waals surface area contributed by atoms with Crippen LogP contribution in [0.3, 0.4) is 0 Å². The summed E-state index contributed by atoms with van der Waals surface area (Å²) in [6.45, 7) is 7.76. The molecule has 0 saturated carbocycles. The molecular formula is C21H22N2O3S. The van der Waals surface area contributed by atoms with Crippen molar-refractivity contribution in [2.24, 2.45) is 0 Å². The summed E-state index contributed by atoms with van der Waals surface area (Å²) < 4.78 is 5.48. The number of aryl methyl sites for hydroxylation is 5. The van der Waals surface area contributed by atoms with Gasteiger partial charge < -0.3 is 9.52 Å². The Hall–Kier alpha value is -2.60. The van der Waals surface area contributed by atoms with Crippen LogP contribution in [0.25, 0.3) is 11.1 Å². The second-order valence-electron chi connectivity index (χ2n) is 6.65. The molecule has 5 nitrogen and oxygen atoms in total. The van der Waals surface area contributed by atoms with E-state index in [0.29, 0.717) is 17.9 Å². The first-order valence-electron chi connectivity index (χ1n) is 8.72. The van der Waals surface area contributed by atoms with Crippen LogP contribution in [0.1, 0.15) is 28.1 Å². The minimum atomic E-state index is -0.514. The van der Waals surface area contributed by atoms with Crippen molar-refractivity contribution >= 4 is 11.8 Å². The normalized spacial score (nSPS) is 11.0. The van der Waals surface area contributed by atoms with Crippen molar-refractivity contribution < 1.29 is 9.52 Å². The molecule has 1 N–H and O–H groups in total. The van der Waals surface area contributed by atoms with Crippen molar-refractivity contribution in [2.45, 2.75) is 39.1 Å². The highest BCUT2D eigenvalue weighted by atomic mass is 32.2. The highest BCUT2D eigenvalue weighted by Crippen LogP contribution is 2.32. The van der Waals surface area contributed by atoms with Gasteiger partial charge in [0.15, 0.2) is 0 Å². The van der Waals surface area contributed by atoms with E-state index in [1.807, 2.05) is 52.0 Å². The first-order valence-corrected chi connectivity index (χ1v) is 9.71. The lowest BCUT2D eigenvalue weighted by Gasteiger charge is -2.12. The highest BCUT2D eigenvalue weighted by Gasteiger charge is 2.17. The van der Waals surface area contributed by atoms with E-state index in [4.69, 9.17) is 4.42 Å². The Morgan fingerprint density at radius 1 is 1.00 bits per heavy atom. The van der Waals surface area contributed by atoms with Crippen molar-refractivity contribution in [1.29, 1.82) is 0 Å². The molecule has 0 bridgehead atoms.